The Bertz CT molecular complexity index is 813. The van der Waals surface area contributed by atoms with E-state index in [0.29, 0.717) is 13.2 Å². The molecule has 27 heavy (non-hydrogen) atoms. The number of ether oxygens (including phenoxy) is 2. The second-order valence-electron chi connectivity index (χ2n) is 6.72. The van der Waals surface area contributed by atoms with Crippen molar-refractivity contribution in [2.45, 2.75) is 20.1 Å². The number of aromatic nitrogens is 2. The highest BCUT2D eigenvalue weighted by Gasteiger charge is 2.18. The molecule has 146 valence electrons. The summed E-state index contributed by atoms with van der Waals surface area (Å²) in [6.07, 6.45) is 1.76. The van der Waals surface area contributed by atoms with Gasteiger partial charge in [-0.25, -0.2) is 4.68 Å². The van der Waals surface area contributed by atoms with Crippen molar-refractivity contribution in [2.75, 3.05) is 44.8 Å². The lowest BCUT2D eigenvalue weighted by atomic mass is 10.1. The minimum absolute atomic E-state index is 0.0741. The Morgan fingerprint density at radius 2 is 1.93 bits per heavy atom. The van der Waals surface area contributed by atoms with Crippen molar-refractivity contribution in [3.8, 4) is 5.75 Å². The molecule has 1 aromatic heterocycles. The van der Waals surface area contributed by atoms with E-state index in [2.05, 4.69) is 27.0 Å². The molecule has 0 N–H and O–H groups in total. The smallest absolute Gasteiger partial charge is 0.268 e. The second-order valence-corrected chi connectivity index (χ2v) is 6.72. The van der Waals surface area contributed by atoms with E-state index >= 15 is 0 Å². The van der Waals surface area contributed by atoms with Crippen molar-refractivity contribution in [2.24, 2.45) is 7.05 Å². The Balaban J connectivity index is 1.60. The molecular formula is C20H28N4O3. The maximum absolute atomic E-state index is 11.8. The van der Waals surface area contributed by atoms with Crippen molar-refractivity contribution >= 4 is 5.69 Å². The first kappa shape index (κ1) is 19.4. The molecule has 0 atom stereocenters. The van der Waals surface area contributed by atoms with E-state index in [4.69, 9.17) is 9.47 Å². The van der Waals surface area contributed by atoms with Gasteiger partial charge in [0.05, 0.1) is 25.6 Å². The summed E-state index contributed by atoms with van der Waals surface area (Å²) in [7, 11) is 3.36. The zero-order valence-corrected chi connectivity index (χ0v) is 16.4. The van der Waals surface area contributed by atoms with Crippen molar-refractivity contribution < 1.29 is 9.47 Å². The van der Waals surface area contributed by atoms with E-state index in [1.54, 1.807) is 26.4 Å². The number of rotatable bonds is 7. The number of piperazine rings is 1. The monoisotopic (exact) mass is 372 g/mol. The molecule has 1 aliphatic rings. The minimum Gasteiger partial charge on any atom is -0.496 e. The SMILES string of the molecule is CCOCc1cc(CN2CCN(c3cnn(C)c(=O)c3)CC2)ccc1OC. The molecule has 1 aromatic carbocycles. The molecule has 1 saturated heterocycles. The molecule has 1 aliphatic heterocycles. The summed E-state index contributed by atoms with van der Waals surface area (Å²) in [6, 6.07) is 7.97. The first-order valence-electron chi connectivity index (χ1n) is 9.35. The van der Waals surface area contributed by atoms with Crippen molar-refractivity contribution in [1.29, 1.82) is 0 Å². The summed E-state index contributed by atoms with van der Waals surface area (Å²) in [5.74, 6) is 0.871. The van der Waals surface area contributed by atoms with Gasteiger partial charge in [-0.2, -0.15) is 5.10 Å². The standard InChI is InChI=1S/C20H28N4O3/c1-4-27-15-17-11-16(5-6-19(17)26-3)14-23-7-9-24(10-8-23)18-12-20(25)22(2)21-13-18/h5-6,11-13H,4,7-10,14-15H2,1-3H3. The van der Waals surface area contributed by atoms with Gasteiger partial charge in [-0.3, -0.25) is 9.69 Å². The number of benzene rings is 1. The summed E-state index contributed by atoms with van der Waals surface area (Å²) in [5.41, 5.74) is 3.17. The average molecular weight is 372 g/mol. The Morgan fingerprint density at radius 1 is 1.15 bits per heavy atom. The molecule has 7 nitrogen and oxygen atoms in total. The Hall–Kier alpha value is -2.38. The largest absolute Gasteiger partial charge is 0.496 e. The number of aryl methyl sites for hydroxylation is 1. The van der Waals surface area contributed by atoms with Gasteiger partial charge in [0.2, 0.25) is 0 Å². The van der Waals surface area contributed by atoms with Crippen LogP contribution in [0.3, 0.4) is 0 Å². The van der Waals surface area contributed by atoms with E-state index in [1.807, 2.05) is 13.0 Å². The number of hydrogen-bond donors (Lipinski definition) is 0. The zero-order chi connectivity index (χ0) is 19.2. The number of nitrogens with zero attached hydrogens (tertiary/aromatic N) is 4. The van der Waals surface area contributed by atoms with E-state index in [1.165, 1.54) is 10.2 Å². The highest BCUT2D eigenvalue weighted by Crippen LogP contribution is 2.22. The van der Waals surface area contributed by atoms with Gasteiger partial charge < -0.3 is 14.4 Å². The number of methoxy groups -OCH3 is 1. The molecule has 0 spiro atoms. The predicted molar refractivity (Wildman–Crippen MR) is 105 cm³/mol. The minimum atomic E-state index is -0.0741. The van der Waals surface area contributed by atoms with Crippen LogP contribution in [0, 0.1) is 0 Å². The number of hydrogen-bond acceptors (Lipinski definition) is 6. The van der Waals surface area contributed by atoms with E-state index in [-0.39, 0.29) is 5.56 Å². The molecule has 2 heterocycles. The molecule has 7 heteroatoms. The molecule has 0 saturated carbocycles. The highest BCUT2D eigenvalue weighted by molar-refractivity contribution is 5.43. The Kier molecular flexibility index (Phi) is 6.47. The summed E-state index contributed by atoms with van der Waals surface area (Å²) >= 11 is 0. The first-order chi connectivity index (χ1) is 13.1. The van der Waals surface area contributed by atoms with Gasteiger partial charge in [-0.1, -0.05) is 6.07 Å². The average Bonchev–Trinajstić information content (AvgIpc) is 2.69. The van der Waals surface area contributed by atoms with Crippen LogP contribution in [0.4, 0.5) is 5.69 Å². The van der Waals surface area contributed by atoms with Gasteiger partial charge in [0, 0.05) is 58.0 Å². The molecule has 0 unspecified atom stereocenters. The molecular weight excluding hydrogens is 344 g/mol. The molecule has 0 amide bonds. The lowest BCUT2D eigenvalue weighted by Gasteiger charge is -2.36. The lowest BCUT2D eigenvalue weighted by Crippen LogP contribution is -2.46. The van der Waals surface area contributed by atoms with Crippen LogP contribution in [0.2, 0.25) is 0 Å². The third kappa shape index (κ3) is 4.87. The van der Waals surface area contributed by atoms with Crippen LogP contribution >= 0.6 is 0 Å². The summed E-state index contributed by atoms with van der Waals surface area (Å²) < 4.78 is 12.3. The Labute approximate surface area is 160 Å². The predicted octanol–water partition coefficient (Wildman–Crippen LogP) is 1.65. The molecule has 1 fully saturated rings. The van der Waals surface area contributed by atoms with Gasteiger partial charge in [0.25, 0.3) is 5.56 Å². The first-order valence-corrected chi connectivity index (χ1v) is 9.35. The van der Waals surface area contributed by atoms with Crippen molar-refractivity contribution in [1.82, 2.24) is 14.7 Å². The van der Waals surface area contributed by atoms with E-state index in [9.17, 15) is 4.79 Å². The summed E-state index contributed by atoms with van der Waals surface area (Å²) in [6.45, 7) is 7.81. The van der Waals surface area contributed by atoms with Crippen molar-refractivity contribution in [3.05, 3.63) is 51.9 Å². The van der Waals surface area contributed by atoms with Crippen LogP contribution in [0.5, 0.6) is 5.75 Å². The van der Waals surface area contributed by atoms with Gasteiger partial charge >= 0.3 is 0 Å². The molecule has 3 rings (SSSR count). The van der Waals surface area contributed by atoms with Crippen LogP contribution < -0.4 is 15.2 Å². The topological polar surface area (TPSA) is 59.8 Å². The van der Waals surface area contributed by atoms with Crippen LogP contribution in [0.15, 0.2) is 35.3 Å². The quantitative estimate of drug-likeness (QED) is 0.737. The fourth-order valence-corrected chi connectivity index (χ4v) is 3.31. The van der Waals surface area contributed by atoms with Gasteiger partial charge in [0.15, 0.2) is 0 Å². The fourth-order valence-electron chi connectivity index (χ4n) is 3.31. The highest BCUT2D eigenvalue weighted by atomic mass is 16.5. The third-order valence-electron chi connectivity index (χ3n) is 4.90. The normalized spacial score (nSPS) is 15.1. The molecule has 2 aromatic rings. The van der Waals surface area contributed by atoms with E-state index in [0.717, 1.165) is 49.7 Å². The molecule has 0 radical (unpaired) electrons. The Morgan fingerprint density at radius 3 is 2.59 bits per heavy atom. The van der Waals surface area contributed by atoms with Gasteiger partial charge in [-0.15, -0.1) is 0 Å². The molecule has 0 aliphatic carbocycles. The molecule has 0 bridgehead atoms. The maximum atomic E-state index is 11.8. The maximum Gasteiger partial charge on any atom is 0.268 e. The lowest BCUT2D eigenvalue weighted by molar-refractivity contribution is 0.132. The fraction of sp³-hybridized carbons (Fsp3) is 0.500. The van der Waals surface area contributed by atoms with Crippen LogP contribution in [-0.4, -0.2) is 54.6 Å². The van der Waals surface area contributed by atoms with Crippen LogP contribution in [0.25, 0.3) is 0 Å². The van der Waals surface area contributed by atoms with E-state index < -0.39 is 0 Å². The summed E-state index contributed by atoms with van der Waals surface area (Å²) in [5, 5.41) is 4.12. The third-order valence-corrected chi connectivity index (χ3v) is 4.90. The summed E-state index contributed by atoms with van der Waals surface area (Å²) in [4.78, 5) is 16.4. The van der Waals surface area contributed by atoms with Gasteiger partial charge in [-0.05, 0) is 24.6 Å². The van der Waals surface area contributed by atoms with Crippen molar-refractivity contribution in [3.63, 3.8) is 0 Å². The zero-order valence-electron chi connectivity index (χ0n) is 16.4. The second kappa shape index (κ2) is 9.01. The van der Waals surface area contributed by atoms with Crippen LogP contribution in [-0.2, 0) is 24.9 Å². The van der Waals surface area contributed by atoms with Crippen LogP contribution in [0.1, 0.15) is 18.1 Å². The number of anilines is 1. The van der Waals surface area contributed by atoms with Gasteiger partial charge in [0.1, 0.15) is 5.75 Å².